The monoisotopic (exact) mass is 230 g/mol. The van der Waals surface area contributed by atoms with Gasteiger partial charge in [-0.15, -0.1) is 0 Å². The smallest absolute Gasteiger partial charge is 0.407 e. The van der Waals surface area contributed by atoms with Gasteiger partial charge in [-0.3, -0.25) is 0 Å². The van der Waals surface area contributed by atoms with Gasteiger partial charge >= 0.3 is 12.2 Å². The van der Waals surface area contributed by atoms with Crippen molar-refractivity contribution in [3.8, 4) is 0 Å². The summed E-state index contributed by atoms with van der Waals surface area (Å²) in [5.41, 5.74) is 0. The van der Waals surface area contributed by atoms with Crippen LogP contribution in [0.5, 0.6) is 0 Å². The Bertz CT molecular complexity index is 223. The minimum Gasteiger partial charge on any atom is -0.446 e. The average molecular weight is 230 g/mol. The summed E-state index contributed by atoms with van der Waals surface area (Å²) in [5, 5.41) is 4.82. The highest BCUT2D eigenvalue weighted by Gasteiger charge is 2.25. The largest absolute Gasteiger partial charge is 0.446 e. The molecule has 0 saturated heterocycles. The zero-order valence-corrected chi connectivity index (χ0v) is 9.62. The molecule has 1 aliphatic carbocycles. The molecule has 0 aliphatic heterocycles. The van der Waals surface area contributed by atoms with Crippen LogP contribution in [0.2, 0.25) is 0 Å². The van der Waals surface area contributed by atoms with Crippen molar-refractivity contribution in [3.05, 3.63) is 0 Å². The van der Waals surface area contributed by atoms with E-state index in [2.05, 4.69) is 10.6 Å². The van der Waals surface area contributed by atoms with E-state index in [1.54, 1.807) is 0 Å². The summed E-state index contributed by atoms with van der Waals surface area (Å²) in [6.45, 7) is 0. The maximum atomic E-state index is 11.0. The Balaban J connectivity index is 2.23. The predicted molar refractivity (Wildman–Crippen MR) is 57.1 cm³/mol. The Morgan fingerprint density at radius 3 is 1.44 bits per heavy atom. The fourth-order valence-corrected chi connectivity index (χ4v) is 1.69. The molecule has 0 aromatic heterocycles. The highest BCUT2D eigenvalue weighted by molar-refractivity contribution is 5.67. The van der Waals surface area contributed by atoms with E-state index in [0.29, 0.717) is 0 Å². The van der Waals surface area contributed by atoms with Gasteiger partial charge in [-0.25, -0.2) is 9.59 Å². The third-order valence-corrected chi connectivity index (χ3v) is 2.58. The fourth-order valence-electron chi connectivity index (χ4n) is 1.69. The zero-order valence-electron chi connectivity index (χ0n) is 9.62. The maximum Gasteiger partial charge on any atom is 0.407 e. The minimum atomic E-state index is -0.407. The maximum absolute atomic E-state index is 11.0. The lowest BCUT2D eigenvalue weighted by atomic mass is 9.95. The summed E-state index contributed by atoms with van der Waals surface area (Å²) in [4.78, 5) is 21.9. The van der Waals surface area contributed by atoms with Gasteiger partial charge in [0.1, 0.15) is 12.2 Å². The minimum absolute atomic E-state index is 0.0653. The standard InChI is InChI=1S/C10H18N2O4/c1-11-9(13)15-7-3-5-8(6-4-7)16-10(14)12-2/h7-8H,3-6H2,1-2H3,(H,11,13)(H,12,14). The van der Waals surface area contributed by atoms with E-state index in [0.717, 1.165) is 25.7 Å². The predicted octanol–water partition coefficient (Wildman–Crippen LogP) is 1.01. The van der Waals surface area contributed by atoms with Gasteiger partial charge < -0.3 is 20.1 Å². The molecule has 0 unspecified atom stereocenters. The molecule has 6 nitrogen and oxygen atoms in total. The van der Waals surface area contributed by atoms with Gasteiger partial charge in [0.15, 0.2) is 0 Å². The van der Waals surface area contributed by atoms with E-state index < -0.39 is 12.2 Å². The molecular formula is C10H18N2O4. The van der Waals surface area contributed by atoms with E-state index in [1.165, 1.54) is 14.1 Å². The van der Waals surface area contributed by atoms with Crippen molar-refractivity contribution in [2.75, 3.05) is 14.1 Å². The van der Waals surface area contributed by atoms with Crippen LogP contribution in [0.3, 0.4) is 0 Å². The van der Waals surface area contributed by atoms with E-state index in [1.807, 2.05) is 0 Å². The van der Waals surface area contributed by atoms with Crippen LogP contribution in [0.15, 0.2) is 0 Å². The molecule has 0 spiro atoms. The fraction of sp³-hybridized carbons (Fsp3) is 0.800. The van der Waals surface area contributed by atoms with Crippen LogP contribution >= 0.6 is 0 Å². The first-order chi connectivity index (χ1) is 7.65. The number of nitrogens with one attached hydrogen (secondary N) is 2. The molecule has 2 amide bonds. The van der Waals surface area contributed by atoms with Crippen molar-refractivity contribution in [3.63, 3.8) is 0 Å². The molecule has 0 radical (unpaired) electrons. The van der Waals surface area contributed by atoms with Gasteiger partial charge in [0.05, 0.1) is 0 Å². The molecule has 1 aliphatic rings. The van der Waals surface area contributed by atoms with Crippen molar-refractivity contribution in [2.45, 2.75) is 37.9 Å². The Kier molecular flexibility index (Phi) is 4.88. The molecule has 1 fully saturated rings. The molecule has 1 rings (SSSR count). The first-order valence-corrected chi connectivity index (χ1v) is 5.42. The SMILES string of the molecule is CNC(=O)OC1CCC(OC(=O)NC)CC1. The van der Waals surface area contributed by atoms with Crippen molar-refractivity contribution < 1.29 is 19.1 Å². The van der Waals surface area contributed by atoms with Crippen molar-refractivity contribution in [1.29, 1.82) is 0 Å². The summed E-state index contributed by atoms with van der Waals surface area (Å²) in [6.07, 6.45) is 1.98. The van der Waals surface area contributed by atoms with Crippen LogP contribution in [0.1, 0.15) is 25.7 Å². The van der Waals surface area contributed by atoms with E-state index in [4.69, 9.17) is 9.47 Å². The van der Waals surface area contributed by atoms with Crippen LogP contribution in [-0.2, 0) is 9.47 Å². The van der Waals surface area contributed by atoms with Gasteiger partial charge in [0, 0.05) is 14.1 Å². The summed E-state index contributed by atoms with van der Waals surface area (Å²) in [5.74, 6) is 0. The Labute approximate surface area is 94.7 Å². The first-order valence-electron chi connectivity index (χ1n) is 5.42. The highest BCUT2D eigenvalue weighted by Crippen LogP contribution is 2.23. The molecule has 0 heterocycles. The van der Waals surface area contributed by atoms with Crippen LogP contribution in [0.4, 0.5) is 9.59 Å². The molecule has 2 N–H and O–H groups in total. The van der Waals surface area contributed by atoms with Crippen LogP contribution in [0.25, 0.3) is 0 Å². The third-order valence-electron chi connectivity index (χ3n) is 2.58. The number of ether oxygens (including phenoxy) is 2. The second-order valence-electron chi connectivity index (χ2n) is 3.71. The summed E-state index contributed by atoms with van der Waals surface area (Å²) in [7, 11) is 3.06. The summed E-state index contributed by atoms with van der Waals surface area (Å²) in [6, 6.07) is 0. The normalized spacial score (nSPS) is 24.4. The zero-order chi connectivity index (χ0) is 12.0. The molecule has 0 atom stereocenters. The Hall–Kier alpha value is -1.46. The average Bonchev–Trinajstić information content (AvgIpc) is 2.31. The van der Waals surface area contributed by atoms with E-state index >= 15 is 0 Å². The second kappa shape index (κ2) is 6.19. The lowest BCUT2D eigenvalue weighted by Crippen LogP contribution is -2.33. The lowest BCUT2D eigenvalue weighted by Gasteiger charge is -2.27. The second-order valence-corrected chi connectivity index (χ2v) is 3.71. The number of hydrogen-bond acceptors (Lipinski definition) is 4. The molecule has 16 heavy (non-hydrogen) atoms. The van der Waals surface area contributed by atoms with E-state index in [-0.39, 0.29) is 12.2 Å². The van der Waals surface area contributed by atoms with Gasteiger partial charge in [0.2, 0.25) is 0 Å². The number of alkyl carbamates (subject to hydrolysis) is 2. The first kappa shape index (κ1) is 12.6. The van der Waals surface area contributed by atoms with Crippen molar-refractivity contribution >= 4 is 12.2 Å². The van der Waals surface area contributed by atoms with Crippen LogP contribution < -0.4 is 10.6 Å². The number of rotatable bonds is 2. The summed E-state index contributed by atoms with van der Waals surface area (Å²) >= 11 is 0. The number of carbonyl (C=O) groups excluding carboxylic acids is 2. The Morgan fingerprint density at radius 1 is 0.875 bits per heavy atom. The van der Waals surface area contributed by atoms with Gasteiger partial charge in [0.25, 0.3) is 0 Å². The third kappa shape index (κ3) is 3.96. The molecule has 0 bridgehead atoms. The number of hydrogen-bond donors (Lipinski definition) is 2. The molecule has 0 aromatic carbocycles. The van der Waals surface area contributed by atoms with Crippen molar-refractivity contribution in [1.82, 2.24) is 10.6 Å². The molecular weight excluding hydrogens is 212 g/mol. The quantitative estimate of drug-likeness (QED) is 0.742. The van der Waals surface area contributed by atoms with E-state index in [9.17, 15) is 9.59 Å². The van der Waals surface area contributed by atoms with Gasteiger partial charge in [-0.2, -0.15) is 0 Å². The van der Waals surface area contributed by atoms with Gasteiger partial charge in [-0.1, -0.05) is 0 Å². The number of amides is 2. The molecule has 6 heteroatoms. The van der Waals surface area contributed by atoms with Crippen LogP contribution in [0, 0.1) is 0 Å². The molecule has 1 saturated carbocycles. The number of carbonyl (C=O) groups is 2. The lowest BCUT2D eigenvalue weighted by molar-refractivity contribution is 0.0229. The topological polar surface area (TPSA) is 76.7 Å². The summed E-state index contributed by atoms with van der Waals surface area (Å²) < 4.78 is 10.2. The molecule has 0 aromatic rings. The highest BCUT2D eigenvalue weighted by atomic mass is 16.6. The molecule has 92 valence electrons. The Morgan fingerprint density at radius 2 is 1.19 bits per heavy atom. The van der Waals surface area contributed by atoms with Crippen molar-refractivity contribution in [2.24, 2.45) is 0 Å². The van der Waals surface area contributed by atoms with Crippen LogP contribution in [-0.4, -0.2) is 38.5 Å². The van der Waals surface area contributed by atoms with Gasteiger partial charge in [-0.05, 0) is 25.7 Å².